The smallest absolute Gasteiger partial charge is 0.337 e. The van der Waals surface area contributed by atoms with Crippen LogP contribution in [0.4, 0.5) is 5.82 Å². The number of rotatable bonds is 5. The molecule has 1 aromatic heterocycles. The van der Waals surface area contributed by atoms with Crippen molar-refractivity contribution >= 4 is 46.6 Å². The van der Waals surface area contributed by atoms with Gasteiger partial charge in [0.05, 0.1) is 23.4 Å². The lowest BCUT2D eigenvalue weighted by Gasteiger charge is -2.19. The number of aromatic nitrogens is 2. The number of carbonyl (C=O) groups is 1. The van der Waals surface area contributed by atoms with E-state index in [2.05, 4.69) is 9.84 Å². The van der Waals surface area contributed by atoms with E-state index in [1.807, 2.05) is 6.07 Å². The Hall–Kier alpha value is -1.98. The molecule has 1 heterocycles. The maximum absolute atomic E-state index is 11.5. The SMILES string of the molecule is COC(=O)C(C)ON(C)c1nn(-c2c(Cl)cc(Cl)cc2Cl)cc1C#N. The molecule has 1 atom stereocenters. The molecule has 0 aliphatic carbocycles. The molecule has 1 aromatic carbocycles. The third-order valence-corrected chi connectivity index (χ3v) is 3.97. The Bertz CT molecular complexity index is 824. The summed E-state index contributed by atoms with van der Waals surface area (Å²) in [6, 6.07) is 5.02. The number of carbonyl (C=O) groups excluding carboxylic acids is 1. The van der Waals surface area contributed by atoms with Crippen LogP contribution in [-0.4, -0.2) is 36.0 Å². The van der Waals surface area contributed by atoms with Crippen LogP contribution >= 0.6 is 34.8 Å². The van der Waals surface area contributed by atoms with Gasteiger partial charge in [-0.05, 0) is 19.1 Å². The Kier molecular flexibility index (Phi) is 6.14. The van der Waals surface area contributed by atoms with Crippen LogP contribution in [0.1, 0.15) is 12.5 Å². The molecule has 0 saturated heterocycles. The van der Waals surface area contributed by atoms with Gasteiger partial charge in [-0.15, -0.1) is 5.10 Å². The molecule has 0 saturated carbocycles. The first-order valence-corrected chi connectivity index (χ1v) is 8.04. The van der Waals surface area contributed by atoms with Crippen molar-refractivity contribution in [1.29, 1.82) is 5.26 Å². The van der Waals surface area contributed by atoms with Crippen LogP contribution < -0.4 is 5.06 Å². The minimum atomic E-state index is -0.880. The zero-order valence-corrected chi connectivity index (χ0v) is 15.7. The summed E-state index contributed by atoms with van der Waals surface area (Å²) in [5.74, 6) is -0.381. The third kappa shape index (κ3) is 4.17. The molecule has 0 spiro atoms. The van der Waals surface area contributed by atoms with Gasteiger partial charge < -0.3 is 4.74 Å². The van der Waals surface area contributed by atoms with Crippen LogP contribution in [0.2, 0.25) is 15.1 Å². The predicted octanol–water partition coefficient (Wildman–Crippen LogP) is 3.63. The van der Waals surface area contributed by atoms with Gasteiger partial charge in [0.15, 0.2) is 11.9 Å². The van der Waals surface area contributed by atoms with Crippen LogP contribution in [0.25, 0.3) is 5.69 Å². The average molecular weight is 404 g/mol. The highest BCUT2D eigenvalue weighted by molar-refractivity contribution is 6.40. The van der Waals surface area contributed by atoms with Gasteiger partial charge in [0.2, 0.25) is 0 Å². The normalized spacial score (nSPS) is 11.7. The Morgan fingerprint density at radius 1 is 1.36 bits per heavy atom. The van der Waals surface area contributed by atoms with Crippen molar-refractivity contribution in [3.8, 4) is 11.8 Å². The van der Waals surface area contributed by atoms with Gasteiger partial charge in [0, 0.05) is 12.1 Å². The highest BCUT2D eigenvalue weighted by Crippen LogP contribution is 2.33. The van der Waals surface area contributed by atoms with E-state index < -0.39 is 12.1 Å². The molecule has 0 N–H and O–H groups in total. The highest BCUT2D eigenvalue weighted by atomic mass is 35.5. The lowest BCUT2D eigenvalue weighted by atomic mass is 10.3. The Balaban J connectivity index is 2.41. The van der Waals surface area contributed by atoms with E-state index in [0.717, 1.165) is 0 Å². The second-order valence-corrected chi connectivity index (χ2v) is 6.16. The molecule has 7 nitrogen and oxygen atoms in total. The van der Waals surface area contributed by atoms with Crippen molar-refractivity contribution in [2.75, 3.05) is 19.2 Å². The maximum Gasteiger partial charge on any atom is 0.337 e. The van der Waals surface area contributed by atoms with Gasteiger partial charge in [0.1, 0.15) is 17.3 Å². The van der Waals surface area contributed by atoms with Crippen LogP contribution in [0.5, 0.6) is 0 Å². The molecule has 0 bridgehead atoms. The monoisotopic (exact) mass is 402 g/mol. The summed E-state index contributed by atoms with van der Waals surface area (Å²) in [5, 5.41) is 15.7. The van der Waals surface area contributed by atoms with Gasteiger partial charge in [-0.1, -0.05) is 34.8 Å². The first-order valence-electron chi connectivity index (χ1n) is 6.91. The molecular formula is C15H13Cl3N4O3. The summed E-state index contributed by atoms with van der Waals surface area (Å²) in [5.41, 5.74) is 0.562. The number of hydroxylamine groups is 1. The van der Waals surface area contributed by atoms with Crippen molar-refractivity contribution in [2.45, 2.75) is 13.0 Å². The van der Waals surface area contributed by atoms with Crippen LogP contribution in [-0.2, 0) is 14.4 Å². The van der Waals surface area contributed by atoms with Gasteiger partial charge in [-0.3, -0.25) is 4.84 Å². The Morgan fingerprint density at radius 3 is 2.48 bits per heavy atom. The quantitative estimate of drug-likeness (QED) is 0.560. The van der Waals surface area contributed by atoms with E-state index in [0.29, 0.717) is 10.7 Å². The fraction of sp³-hybridized carbons (Fsp3) is 0.267. The molecule has 132 valence electrons. The second-order valence-electron chi connectivity index (χ2n) is 4.91. The Morgan fingerprint density at radius 2 is 1.96 bits per heavy atom. The Labute approximate surface area is 159 Å². The number of hydrogen-bond donors (Lipinski definition) is 0. The number of hydrogen-bond acceptors (Lipinski definition) is 6. The van der Waals surface area contributed by atoms with Gasteiger partial charge in [-0.2, -0.15) is 5.26 Å². The molecule has 10 heteroatoms. The fourth-order valence-electron chi connectivity index (χ4n) is 2.04. The van der Waals surface area contributed by atoms with E-state index in [1.165, 1.54) is 49.2 Å². The molecule has 2 rings (SSSR count). The summed E-state index contributed by atoms with van der Waals surface area (Å²) in [6.07, 6.45) is 0.563. The zero-order valence-electron chi connectivity index (χ0n) is 13.5. The minimum absolute atomic E-state index is 0.181. The molecule has 1 unspecified atom stereocenters. The van der Waals surface area contributed by atoms with Crippen molar-refractivity contribution in [3.05, 3.63) is 39.0 Å². The highest BCUT2D eigenvalue weighted by Gasteiger charge is 2.22. The summed E-state index contributed by atoms with van der Waals surface area (Å²) < 4.78 is 5.94. The van der Waals surface area contributed by atoms with Crippen LogP contribution in [0.15, 0.2) is 18.3 Å². The number of nitriles is 1. The number of ether oxygens (including phenoxy) is 1. The zero-order chi connectivity index (χ0) is 18.7. The van der Waals surface area contributed by atoms with Crippen molar-refractivity contribution < 1.29 is 14.4 Å². The number of anilines is 1. The number of methoxy groups -OCH3 is 1. The molecule has 0 fully saturated rings. The number of esters is 1. The van der Waals surface area contributed by atoms with E-state index in [-0.39, 0.29) is 21.4 Å². The van der Waals surface area contributed by atoms with E-state index in [9.17, 15) is 10.1 Å². The van der Waals surface area contributed by atoms with Crippen molar-refractivity contribution in [3.63, 3.8) is 0 Å². The molecule has 0 radical (unpaired) electrons. The van der Waals surface area contributed by atoms with E-state index in [1.54, 1.807) is 0 Å². The standard InChI is InChI=1S/C15H13Cl3N4O3/c1-8(15(23)24-3)25-21(2)14-9(6-19)7-22(20-14)13-11(17)4-10(16)5-12(13)18/h4-5,7-8H,1-3H3. The molecule has 0 amide bonds. The summed E-state index contributed by atoms with van der Waals surface area (Å²) >= 11 is 18.3. The van der Waals surface area contributed by atoms with Gasteiger partial charge >= 0.3 is 5.97 Å². The van der Waals surface area contributed by atoms with E-state index in [4.69, 9.17) is 39.6 Å². The molecule has 2 aromatic rings. The second kappa shape index (κ2) is 7.93. The minimum Gasteiger partial charge on any atom is -0.467 e. The van der Waals surface area contributed by atoms with Crippen molar-refractivity contribution in [2.24, 2.45) is 0 Å². The van der Waals surface area contributed by atoms with Crippen molar-refractivity contribution in [1.82, 2.24) is 9.78 Å². The number of nitrogens with zero attached hydrogens (tertiary/aromatic N) is 4. The van der Waals surface area contributed by atoms with E-state index >= 15 is 0 Å². The lowest BCUT2D eigenvalue weighted by molar-refractivity contribution is -0.153. The van der Waals surface area contributed by atoms with Crippen LogP contribution in [0.3, 0.4) is 0 Å². The van der Waals surface area contributed by atoms with Gasteiger partial charge in [0.25, 0.3) is 0 Å². The molecular weight excluding hydrogens is 391 g/mol. The molecule has 25 heavy (non-hydrogen) atoms. The molecule has 0 aliphatic rings. The third-order valence-electron chi connectivity index (χ3n) is 3.17. The first-order chi connectivity index (χ1) is 11.8. The number of halogens is 3. The fourth-order valence-corrected chi connectivity index (χ4v) is 3.03. The topological polar surface area (TPSA) is 80.4 Å². The summed E-state index contributed by atoms with van der Waals surface area (Å²) in [6.45, 7) is 1.51. The van der Waals surface area contributed by atoms with Gasteiger partial charge in [-0.25, -0.2) is 14.5 Å². The lowest BCUT2D eigenvalue weighted by Crippen LogP contribution is -2.31. The largest absolute Gasteiger partial charge is 0.467 e. The number of benzene rings is 1. The summed E-state index contributed by atoms with van der Waals surface area (Å²) in [4.78, 5) is 16.9. The average Bonchev–Trinajstić information content (AvgIpc) is 2.96. The molecule has 0 aliphatic heterocycles. The summed E-state index contributed by atoms with van der Waals surface area (Å²) in [7, 11) is 2.76. The maximum atomic E-state index is 11.5. The van der Waals surface area contributed by atoms with Crippen LogP contribution in [0, 0.1) is 11.3 Å². The first kappa shape index (κ1) is 19.3. The predicted molar refractivity (Wildman–Crippen MR) is 94.3 cm³/mol.